The number of carbonyl (C=O) groups is 1. The van der Waals surface area contributed by atoms with E-state index < -0.39 is 0 Å². The third-order valence-electron chi connectivity index (χ3n) is 2.05. The van der Waals surface area contributed by atoms with E-state index in [4.69, 9.17) is 4.74 Å². The molecule has 3 heteroatoms. The fraction of sp³-hybridized carbons (Fsp3) is 0.857. The van der Waals surface area contributed by atoms with E-state index in [1.54, 1.807) is 0 Å². The van der Waals surface area contributed by atoms with E-state index in [-0.39, 0.29) is 17.9 Å². The van der Waals surface area contributed by atoms with Gasteiger partial charge in [0.1, 0.15) is 6.10 Å². The highest BCUT2D eigenvalue weighted by atomic mass is 16.6. The number of Topliss-reactive ketones (excluding diaryl/α,β-unsaturated/α-hetero) is 1. The summed E-state index contributed by atoms with van der Waals surface area (Å²) < 4.78 is 4.89. The highest BCUT2D eigenvalue weighted by Crippen LogP contribution is 2.16. The summed E-state index contributed by atoms with van der Waals surface area (Å²) in [7, 11) is 0. The highest BCUT2D eigenvalue weighted by Gasteiger charge is 2.37. The molecule has 2 aliphatic rings. The van der Waals surface area contributed by atoms with Crippen molar-refractivity contribution in [2.24, 2.45) is 0 Å². The minimum Gasteiger partial charge on any atom is -0.365 e. The van der Waals surface area contributed by atoms with E-state index in [2.05, 4.69) is 5.32 Å². The number of ether oxygens (including phenoxy) is 1. The summed E-state index contributed by atoms with van der Waals surface area (Å²) in [6, 6.07) is 0.104. The van der Waals surface area contributed by atoms with Crippen LogP contribution in [0, 0.1) is 0 Å². The van der Waals surface area contributed by atoms with Crippen LogP contribution in [0.3, 0.4) is 0 Å². The lowest BCUT2D eigenvalue weighted by atomic mass is 10.1. The van der Waals surface area contributed by atoms with Gasteiger partial charge in [-0.15, -0.1) is 0 Å². The van der Waals surface area contributed by atoms with Crippen molar-refractivity contribution in [3.8, 4) is 0 Å². The molecule has 3 nitrogen and oxygen atoms in total. The Kier molecular flexibility index (Phi) is 1.47. The van der Waals surface area contributed by atoms with Gasteiger partial charge in [0.25, 0.3) is 0 Å². The van der Waals surface area contributed by atoms with Crippen molar-refractivity contribution in [2.75, 3.05) is 13.2 Å². The summed E-state index contributed by atoms with van der Waals surface area (Å²) in [5.74, 6) is 0.262. The molecule has 1 N–H and O–H groups in total. The van der Waals surface area contributed by atoms with Gasteiger partial charge in [-0.2, -0.15) is 0 Å². The minimum absolute atomic E-state index is 0.0596. The zero-order chi connectivity index (χ0) is 6.97. The quantitative estimate of drug-likeness (QED) is 0.537. The molecular weight excluding hydrogens is 130 g/mol. The van der Waals surface area contributed by atoms with Crippen LogP contribution in [0.25, 0.3) is 0 Å². The number of ketones is 1. The molecule has 0 bridgehead atoms. The predicted molar refractivity (Wildman–Crippen MR) is 35.8 cm³/mol. The number of nitrogens with one attached hydrogen (secondary N) is 1. The largest absolute Gasteiger partial charge is 0.365 e. The van der Waals surface area contributed by atoms with Gasteiger partial charge in [0.05, 0.1) is 12.6 Å². The zero-order valence-electron chi connectivity index (χ0n) is 5.80. The van der Waals surface area contributed by atoms with Crippen molar-refractivity contribution in [3.05, 3.63) is 0 Å². The fourth-order valence-electron chi connectivity index (χ4n) is 1.36. The van der Waals surface area contributed by atoms with Crippen LogP contribution in [0.2, 0.25) is 0 Å². The maximum atomic E-state index is 11.2. The van der Waals surface area contributed by atoms with E-state index in [9.17, 15) is 4.79 Å². The van der Waals surface area contributed by atoms with Gasteiger partial charge in [-0.25, -0.2) is 0 Å². The fourth-order valence-corrected chi connectivity index (χ4v) is 1.36. The number of hydrogen-bond donors (Lipinski definition) is 1. The first-order valence-corrected chi connectivity index (χ1v) is 3.76. The van der Waals surface area contributed by atoms with Crippen molar-refractivity contribution in [1.82, 2.24) is 5.32 Å². The first kappa shape index (κ1) is 6.31. The van der Waals surface area contributed by atoms with Crippen molar-refractivity contribution in [3.63, 3.8) is 0 Å². The highest BCUT2D eigenvalue weighted by molar-refractivity contribution is 5.90. The number of hydrogen-bond acceptors (Lipinski definition) is 3. The standard InChI is InChI=1S/C7H11NO2/c9-7(6-4-10-6)5-2-1-3-8-5/h5-6,8H,1-4H2/t5-,6?/m0/s1. The van der Waals surface area contributed by atoms with Gasteiger partial charge < -0.3 is 10.1 Å². The molecule has 0 aliphatic carbocycles. The van der Waals surface area contributed by atoms with Crippen LogP contribution in [0.15, 0.2) is 0 Å². The van der Waals surface area contributed by atoms with Crippen LogP contribution >= 0.6 is 0 Å². The maximum absolute atomic E-state index is 11.2. The van der Waals surface area contributed by atoms with Gasteiger partial charge in [0.15, 0.2) is 5.78 Å². The van der Waals surface area contributed by atoms with Crippen molar-refractivity contribution >= 4 is 5.78 Å². The van der Waals surface area contributed by atoms with E-state index >= 15 is 0 Å². The van der Waals surface area contributed by atoms with E-state index in [1.807, 2.05) is 0 Å². The monoisotopic (exact) mass is 141 g/mol. The van der Waals surface area contributed by atoms with Crippen molar-refractivity contribution < 1.29 is 9.53 Å². The lowest BCUT2D eigenvalue weighted by Gasteiger charge is -2.04. The first-order valence-electron chi connectivity index (χ1n) is 3.76. The Labute approximate surface area is 59.7 Å². The molecule has 10 heavy (non-hydrogen) atoms. The molecule has 0 aromatic carbocycles. The van der Waals surface area contributed by atoms with Crippen molar-refractivity contribution in [2.45, 2.75) is 25.0 Å². The van der Waals surface area contributed by atoms with Gasteiger partial charge in [-0.1, -0.05) is 0 Å². The maximum Gasteiger partial charge on any atom is 0.180 e. The van der Waals surface area contributed by atoms with Gasteiger partial charge in [0, 0.05) is 0 Å². The molecule has 0 spiro atoms. The molecule has 2 saturated heterocycles. The van der Waals surface area contributed by atoms with E-state index in [1.165, 1.54) is 0 Å². The SMILES string of the molecule is O=C(C1CO1)[C@@H]1CCCN1. The average Bonchev–Trinajstić information content (AvgIpc) is 2.65. The summed E-state index contributed by atoms with van der Waals surface area (Å²) in [5, 5.41) is 3.15. The molecule has 0 radical (unpaired) electrons. The molecular formula is C7H11NO2. The number of rotatable bonds is 2. The molecule has 2 heterocycles. The third-order valence-corrected chi connectivity index (χ3v) is 2.05. The summed E-state index contributed by atoms with van der Waals surface area (Å²) >= 11 is 0. The Balaban J connectivity index is 1.90. The van der Waals surface area contributed by atoms with Crippen LogP contribution in [-0.4, -0.2) is 31.1 Å². The molecule has 56 valence electrons. The third kappa shape index (κ3) is 1.07. The van der Waals surface area contributed by atoms with Gasteiger partial charge in [-0.05, 0) is 19.4 Å². The molecule has 0 saturated carbocycles. The molecule has 2 aliphatic heterocycles. The summed E-state index contributed by atoms with van der Waals surface area (Å²) in [6.45, 7) is 1.64. The van der Waals surface area contributed by atoms with Crippen LogP contribution in [0.4, 0.5) is 0 Å². The second-order valence-electron chi connectivity index (χ2n) is 2.87. The smallest absolute Gasteiger partial charge is 0.180 e. The Morgan fingerprint density at radius 1 is 1.60 bits per heavy atom. The number of carbonyl (C=O) groups excluding carboxylic acids is 1. The van der Waals surface area contributed by atoms with Crippen LogP contribution in [0.1, 0.15) is 12.8 Å². The molecule has 2 fully saturated rings. The summed E-state index contributed by atoms with van der Waals surface area (Å²) in [6.07, 6.45) is 2.07. The normalized spacial score (nSPS) is 38.0. The zero-order valence-corrected chi connectivity index (χ0v) is 5.80. The lowest BCUT2D eigenvalue weighted by molar-refractivity contribution is -0.121. The minimum atomic E-state index is -0.0596. The Hall–Kier alpha value is -0.410. The Bertz CT molecular complexity index is 148. The van der Waals surface area contributed by atoms with Crippen LogP contribution < -0.4 is 5.32 Å². The second-order valence-corrected chi connectivity index (χ2v) is 2.87. The molecule has 2 atom stereocenters. The van der Waals surface area contributed by atoms with Crippen LogP contribution in [-0.2, 0) is 9.53 Å². The second kappa shape index (κ2) is 2.32. The number of epoxide rings is 1. The van der Waals surface area contributed by atoms with Gasteiger partial charge >= 0.3 is 0 Å². The van der Waals surface area contributed by atoms with Crippen LogP contribution in [0.5, 0.6) is 0 Å². The van der Waals surface area contributed by atoms with Gasteiger partial charge in [0.2, 0.25) is 0 Å². The molecule has 2 rings (SSSR count). The molecule has 0 amide bonds. The van der Waals surface area contributed by atoms with E-state index in [0.29, 0.717) is 6.61 Å². The molecule has 0 aromatic heterocycles. The lowest BCUT2D eigenvalue weighted by Crippen LogP contribution is -2.33. The Morgan fingerprint density at radius 2 is 2.40 bits per heavy atom. The topological polar surface area (TPSA) is 41.6 Å². The first-order chi connectivity index (χ1) is 4.88. The molecule has 1 unspecified atom stereocenters. The van der Waals surface area contributed by atoms with E-state index in [0.717, 1.165) is 19.4 Å². The molecule has 0 aromatic rings. The summed E-state index contributed by atoms with van der Waals surface area (Å²) in [5.41, 5.74) is 0. The van der Waals surface area contributed by atoms with Gasteiger partial charge in [-0.3, -0.25) is 4.79 Å². The predicted octanol–water partition coefficient (Wildman–Crippen LogP) is -0.294. The van der Waals surface area contributed by atoms with Crippen molar-refractivity contribution in [1.29, 1.82) is 0 Å². The summed E-state index contributed by atoms with van der Waals surface area (Å²) in [4.78, 5) is 11.2. The Morgan fingerprint density at radius 3 is 2.90 bits per heavy atom. The average molecular weight is 141 g/mol.